The molecule has 0 saturated carbocycles. The molecule has 0 atom stereocenters. The molecule has 1 N–H and O–H groups in total. The first-order valence-corrected chi connectivity index (χ1v) is 9.65. The zero-order chi connectivity index (χ0) is 20.1. The number of aromatic carboxylic acids is 1. The van der Waals surface area contributed by atoms with Crippen molar-refractivity contribution < 1.29 is 19.5 Å². The summed E-state index contributed by atoms with van der Waals surface area (Å²) in [6.45, 7) is 3.24. The molecular formula is C21H25N3O4. The number of carboxylic acids is 1. The van der Waals surface area contributed by atoms with Crippen molar-refractivity contribution in [3.05, 3.63) is 53.3 Å². The average Bonchev–Trinajstić information content (AvgIpc) is 3.22. The van der Waals surface area contributed by atoms with Crippen molar-refractivity contribution in [2.75, 3.05) is 13.1 Å². The molecule has 0 aliphatic carbocycles. The van der Waals surface area contributed by atoms with Crippen LogP contribution in [0.15, 0.2) is 36.7 Å². The summed E-state index contributed by atoms with van der Waals surface area (Å²) in [4.78, 5) is 37.5. The summed E-state index contributed by atoms with van der Waals surface area (Å²) in [5.74, 6) is -1.01. The van der Waals surface area contributed by atoms with Crippen LogP contribution < -0.4 is 0 Å². The van der Waals surface area contributed by atoms with Crippen LogP contribution in [0.4, 0.5) is 0 Å². The maximum absolute atomic E-state index is 12.4. The Bertz CT molecular complexity index is 849. The molecule has 3 rings (SSSR count). The van der Waals surface area contributed by atoms with Crippen LogP contribution in [-0.2, 0) is 11.2 Å². The van der Waals surface area contributed by atoms with Crippen LogP contribution in [-0.4, -0.2) is 50.5 Å². The fraction of sp³-hybridized carbons (Fsp3) is 0.429. The number of carboxylic acid groups (broad SMARTS) is 1. The number of piperidine rings is 1. The first kappa shape index (κ1) is 19.8. The molecule has 7 nitrogen and oxygen atoms in total. The highest BCUT2D eigenvalue weighted by Crippen LogP contribution is 2.23. The number of amides is 1. The van der Waals surface area contributed by atoms with Gasteiger partial charge in [-0.15, -0.1) is 0 Å². The lowest BCUT2D eigenvalue weighted by Crippen LogP contribution is -2.39. The number of nitrogens with zero attached hydrogens (tertiary/aromatic N) is 3. The minimum atomic E-state index is -0.993. The Morgan fingerprint density at radius 2 is 1.75 bits per heavy atom. The first-order chi connectivity index (χ1) is 13.5. The third-order valence-corrected chi connectivity index (χ3v) is 5.29. The van der Waals surface area contributed by atoms with Crippen LogP contribution in [0.5, 0.6) is 0 Å². The molecule has 0 spiro atoms. The summed E-state index contributed by atoms with van der Waals surface area (Å²) in [7, 11) is 0. The standard InChI is InChI=1S/C21H25N3O4/c1-2-15-3-5-16(6-4-15)19(25)7-8-20(26)23-11-9-18(10-12-23)24-14-17(13-22-24)21(27)28/h3-6,13-14,18H,2,7-12H2,1H3,(H,27,28). The van der Waals surface area contributed by atoms with Gasteiger partial charge in [0.1, 0.15) is 0 Å². The van der Waals surface area contributed by atoms with E-state index in [9.17, 15) is 14.4 Å². The predicted octanol–water partition coefficient (Wildman–Crippen LogP) is 2.97. The minimum Gasteiger partial charge on any atom is -0.478 e. The van der Waals surface area contributed by atoms with Crippen molar-refractivity contribution in [1.82, 2.24) is 14.7 Å². The lowest BCUT2D eigenvalue weighted by molar-refractivity contribution is -0.132. The molecule has 2 heterocycles. The maximum Gasteiger partial charge on any atom is 0.338 e. The Kier molecular flexibility index (Phi) is 6.23. The van der Waals surface area contributed by atoms with Gasteiger partial charge in [0.05, 0.1) is 17.8 Å². The summed E-state index contributed by atoms with van der Waals surface area (Å²) < 4.78 is 1.68. The van der Waals surface area contributed by atoms with E-state index in [1.165, 1.54) is 18.0 Å². The third kappa shape index (κ3) is 4.65. The van der Waals surface area contributed by atoms with Crippen molar-refractivity contribution in [2.45, 2.75) is 45.1 Å². The van der Waals surface area contributed by atoms with E-state index in [1.807, 2.05) is 24.3 Å². The van der Waals surface area contributed by atoms with E-state index in [-0.39, 0.29) is 36.1 Å². The van der Waals surface area contributed by atoms with Crippen LogP contribution in [0.2, 0.25) is 0 Å². The van der Waals surface area contributed by atoms with Gasteiger partial charge in [0.25, 0.3) is 0 Å². The topological polar surface area (TPSA) is 92.5 Å². The summed E-state index contributed by atoms with van der Waals surface area (Å²) in [6.07, 6.45) is 5.68. The average molecular weight is 383 g/mol. The van der Waals surface area contributed by atoms with Gasteiger partial charge in [-0.3, -0.25) is 14.3 Å². The monoisotopic (exact) mass is 383 g/mol. The number of carbonyl (C=O) groups excluding carboxylic acids is 2. The molecule has 28 heavy (non-hydrogen) atoms. The van der Waals surface area contributed by atoms with E-state index >= 15 is 0 Å². The highest BCUT2D eigenvalue weighted by molar-refractivity contribution is 5.98. The Morgan fingerprint density at radius 3 is 2.32 bits per heavy atom. The smallest absolute Gasteiger partial charge is 0.338 e. The molecule has 1 aromatic carbocycles. The number of hydrogen-bond acceptors (Lipinski definition) is 4. The zero-order valence-electron chi connectivity index (χ0n) is 16.0. The van der Waals surface area contributed by atoms with E-state index in [0.29, 0.717) is 18.7 Å². The highest BCUT2D eigenvalue weighted by atomic mass is 16.4. The number of likely N-dealkylation sites (tertiary alicyclic amines) is 1. The SMILES string of the molecule is CCc1ccc(C(=O)CCC(=O)N2CCC(n3cc(C(=O)O)cn3)CC2)cc1. The van der Waals surface area contributed by atoms with Crippen LogP contribution in [0.3, 0.4) is 0 Å². The molecule has 0 radical (unpaired) electrons. The van der Waals surface area contributed by atoms with Crippen LogP contribution >= 0.6 is 0 Å². The second-order valence-electron chi connectivity index (χ2n) is 7.10. The van der Waals surface area contributed by atoms with Gasteiger partial charge in [-0.1, -0.05) is 31.2 Å². The van der Waals surface area contributed by atoms with Crippen molar-refractivity contribution in [2.24, 2.45) is 0 Å². The van der Waals surface area contributed by atoms with E-state index in [2.05, 4.69) is 12.0 Å². The summed E-state index contributed by atoms with van der Waals surface area (Å²) in [5, 5.41) is 13.1. The van der Waals surface area contributed by atoms with Crippen molar-refractivity contribution in [3.8, 4) is 0 Å². The van der Waals surface area contributed by atoms with E-state index in [1.54, 1.807) is 9.58 Å². The Balaban J connectivity index is 1.46. The molecule has 1 saturated heterocycles. The number of benzene rings is 1. The third-order valence-electron chi connectivity index (χ3n) is 5.29. The van der Waals surface area contributed by atoms with Crippen LogP contribution in [0.25, 0.3) is 0 Å². The fourth-order valence-electron chi connectivity index (χ4n) is 3.48. The van der Waals surface area contributed by atoms with Gasteiger partial charge in [0.15, 0.2) is 5.78 Å². The molecule has 0 unspecified atom stereocenters. The molecule has 1 amide bonds. The van der Waals surface area contributed by atoms with Gasteiger partial charge in [0, 0.05) is 37.7 Å². The van der Waals surface area contributed by atoms with E-state index in [0.717, 1.165) is 19.3 Å². The molecule has 2 aromatic rings. The second kappa shape index (κ2) is 8.82. The lowest BCUT2D eigenvalue weighted by Gasteiger charge is -2.32. The molecule has 1 aliphatic heterocycles. The normalized spacial score (nSPS) is 14.8. The van der Waals surface area contributed by atoms with Crippen molar-refractivity contribution in [3.63, 3.8) is 0 Å². The molecule has 1 aliphatic rings. The second-order valence-corrected chi connectivity index (χ2v) is 7.10. The molecular weight excluding hydrogens is 358 g/mol. The highest BCUT2D eigenvalue weighted by Gasteiger charge is 2.25. The van der Waals surface area contributed by atoms with Crippen molar-refractivity contribution >= 4 is 17.7 Å². The molecule has 148 valence electrons. The quantitative estimate of drug-likeness (QED) is 0.742. The van der Waals surface area contributed by atoms with Gasteiger partial charge < -0.3 is 10.0 Å². The number of aromatic nitrogens is 2. The van der Waals surface area contributed by atoms with Crippen LogP contribution in [0, 0.1) is 0 Å². The Labute approximate surface area is 164 Å². The number of rotatable bonds is 7. The number of aryl methyl sites for hydroxylation is 1. The predicted molar refractivity (Wildman–Crippen MR) is 103 cm³/mol. The summed E-state index contributed by atoms with van der Waals surface area (Å²) >= 11 is 0. The Morgan fingerprint density at radius 1 is 1.07 bits per heavy atom. The van der Waals surface area contributed by atoms with Gasteiger partial charge >= 0.3 is 5.97 Å². The minimum absolute atomic E-state index is 0.0105. The van der Waals surface area contributed by atoms with E-state index < -0.39 is 5.97 Å². The lowest BCUT2D eigenvalue weighted by atomic mass is 10.0. The fourth-order valence-corrected chi connectivity index (χ4v) is 3.48. The largest absolute Gasteiger partial charge is 0.478 e. The molecule has 1 fully saturated rings. The number of hydrogen-bond donors (Lipinski definition) is 1. The van der Waals surface area contributed by atoms with Gasteiger partial charge in [0.2, 0.25) is 5.91 Å². The van der Waals surface area contributed by atoms with Gasteiger partial charge in [-0.2, -0.15) is 5.10 Å². The maximum atomic E-state index is 12.4. The molecule has 7 heteroatoms. The van der Waals surface area contributed by atoms with Gasteiger partial charge in [-0.05, 0) is 24.8 Å². The molecule has 1 aromatic heterocycles. The van der Waals surface area contributed by atoms with E-state index in [4.69, 9.17) is 5.11 Å². The first-order valence-electron chi connectivity index (χ1n) is 9.65. The number of ketones is 1. The molecule has 0 bridgehead atoms. The zero-order valence-corrected chi connectivity index (χ0v) is 16.0. The number of carbonyl (C=O) groups is 3. The summed E-state index contributed by atoms with van der Waals surface area (Å²) in [5.41, 5.74) is 2.00. The van der Waals surface area contributed by atoms with Crippen molar-refractivity contribution in [1.29, 1.82) is 0 Å². The summed E-state index contributed by atoms with van der Waals surface area (Å²) in [6, 6.07) is 7.64. The number of Topliss-reactive ketones (excluding diaryl/α,β-unsaturated/α-hetero) is 1. The van der Waals surface area contributed by atoms with Crippen LogP contribution in [0.1, 0.15) is 64.9 Å². The Hall–Kier alpha value is -2.96. The van der Waals surface area contributed by atoms with Gasteiger partial charge in [-0.25, -0.2) is 4.79 Å².